The number of benzene rings is 2. The van der Waals surface area contributed by atoms with Crippen LogP contribution < -0.4 is 20.9 Å². The average molecular weight is 543 g/mol. The van der Waals surface area contributed by atoms with Gasteiger partial charge < -0.3 is 23.8 Å². The van der Waals surface area contributed by atoms with E-state index in [9.17, 15) is 18.5 Å². The summed E-state index contributed by atoms with van der Waals surface area (Å²) in [7, 11) is -3.72. The van der Waals surface area contributed by atoms with Gasteiger partial charge in [0, 0.05) is 6.54 Å². The summed E-state index contributed by atoms with van der Waals surface area (Å²) in [6, 6.07) is 12.9. The lowest BCUT2D eigenvalue weighted by atomic mass is 10.1. The first-order valence-electron chi connectivity index (χ1n) is 12.1. The number of rotatable bonds is 7. The van der Waals surface area contributed by atoms with Crippen LogP contribution in [0.1, 0.15) is 41.3 Å². The van der Waals surface area contributed by atoms with Gasteiger partial charge in [-0.25, -0.2) is 9.37 Å². The number of aromatic nitrogens is 2. The molecular weight excluding hydrogens is 516 g/mol. The van der Waals surface area contributed by atoms with Crippen molar-refractivity contribution in [3.05, 3.63) is 87.3 Å². The van der Waals surface area contributed by atoms with Crippen LogP contribution in [0.25, 0.3) is 0 Å². The number of halogens is 1. The second kappa shape index (κ2) is 10.4. The number of carbonyl (C=O) groups is 1. The Morgan fingerprint density at radius 3 is 2.63 bits per heavy atom. The van der Waals surface area contributed by atoms with Crippen molar-refractivity contribution in [2.24, 2.45) is 0 Å². The van der Waals surface area contributed by atoms with Gasteiger partial charge in [0.2, 0.25) is 5.75 Å². The van der Waals surface area contributed by atoms with Crippen LogP contribution in [0, 0.1) is 5.82 Å². The molecule has 2 aliphatic heterocycles. The Bertz CT molecular complexity index is 1470. The van der Waals surface area contributed by atoms with E-state index in [0.717, 1.165) is 11.6 Å². The highest BCUT2D eigenvalue weighted by atomic mass is 31.2. The van der Waals surface area contributed by atoms with Gasteiger partial charge in [-0.15, -0.1) is 0 Å². The van der Waals surface area contributed by atoms with Gasteiger partial charge >= 0.3 is 7.60 Å². The summed E-state index contributed by atoms with van der Waals surface area (Å²) in [5.74, 6) is -1.21. The zero-order valence-electron chi connectivity index (χ0n) is 20.9. The lowest BCUT2D eigenvalue weighted by molar-refractivity contribution is -0.0567. The number of hydrogen-bond acceptors (Lipinski definition) is 8. The minimum absolute atomic E-state index is 0.0313. The van der Waals surface area contributed by atoms with Crippen molar-refractivity contribution in [2.75, 3.05) is 19.8 Å². The van der Waals surface area contributed by atoms with Crippen LogP contribution in [-0.4, -0.2) is 35.3 Å². The Kier molecular flexibility index (Phi) is 7.19. The predicted molar refractivity (Wildman–Crippen MR) is 135 cm³/mol. The van der Waals surface area contributed by atoms with Crippen molar-refractivity contribution in [1.82, 2.24) is 14.9 Å². The molecule has 1 aromatic heterocycles. The fourth-order valence-electron chi connectivity index (χ4n) is 4.37. The monoisotopic (exact) mass is 543 g/mol. The van der Waals surface area contributed by atoms with Crippen LogP contribution in [0.4, 0.5) is 4.39 Å². The van der Waals surface area contributed by atoms with Gasteiger partial charge in [-0.05, 0) is 37.1 Å². The maximum Gasteiger partial charge on any atom is 0.361 e. The van der Waals surface area contributed by atoms with E-state index in [1.165, 1.54) is 16.7 Å². The van der Waals surface area contributed by atoms with Gasteiger partial charge in [-0.2, -0.15) is 0 Å². The first-order chi connectivity index (χ1) is 18.2. The topological polar surface area (TPSA) is 118 Å². The molecule has 12 heteroatoms. The van der Waals surface area contributed by atoms with E-state index in [1.807, 2.05) is 30.3 Å². The van der Waals surface area contributed by atoms with Gasteiger partial charge in [0.05, 0.1) is 31.7 Å². The fourth-order valence-corrected chi connectivity index (χ4v) is 6.14. The molecule has 2 aliphatic rings. The molecule has 2 aromatic carbocycles. The molecule has 0 atom stereocenters. The van der Waals surface area contributed by atoms with Crippen molar-refractivity contribution >= 4 is 18.8 Å². The second-order valence-corrected chi connectivity index (χ2v) is 11.3. The number of fused-ring (bicyclic) bond motifs is 1. The van der Waals surface area contributed by atoms with Crippen molar-refractivity contribution < 1.29 is 32.3 Å². The van der Waals surface area contributed by atoms with Crippen LogP contribution in [0.15, 0.2) is 53.3 Å². The third kappa shape index (κ3) is 5.15. The van der Waals surface area contributed by atoms with Crippen molar-refractivity contribution in [3.8, 4) is 5.75 Å². The smallest absolute Gasteiger partial charge is 0.361 e. The Morgan fingerprint density at radius 2 is 1.89 bits per heavy atom. The van der Waals surface area contributed by atoms with Gasteiger partial charge in [0.1, 0.15) is 23.8 Å². The molecule has 200 valence electrons. The third-order valence-corrected chi connectivity index (χ3v) is 8.32. The summed E-state index contributed by atoms with van der Waals surface area (Å²) < 4.78 is 50.7. The molecule has 1 N–H and O–H groups in total. The lowest BCUT2D eigenvalue weighted by Crippen LogP contribution is -2.43. The fraction of sp³-hybridized carbons (Fsp3) is 0.346. The number of nitrogens with zero attached hydrogens (tertiary/aromatic N) is 2. The average Bonchev–Trinajstić information content (AvgIpc) is 3.35. The van der Waals surface area contributed by atoms with E-state index in [4.69, 9.17) is 18.5 Å². The number of carbonyl (C=O) groups excluding carboxylic acids is 1. The zero-order chi connectivity index (χ0) is 26.9. The molecule has 0 bridgehead atoms. The maximum absolute atomic E-state index is 14.0. The molecule has 1 fully saturated rings. The van der Waals surface area contributed by atoms with E-state index in [1.54, 1.807) is 13.8 Å². The normalized spacial score (nSPS) is 17.6. The van der Waals surface area contributed by atoms with Crippen molar-refractivity contribution in [3.63, 3.8) is 0 Å². The Labute approximate surface area is 218 Å². The zero-order valence-corrected chi connectivity index (χ0v) is 21.8. The molecule has 1 amide bonds. The van der Waals surface area contributed by atoms with E-state index in [-0.39, 0.29) is 49.7 Å². The second-order valence-electron chi connectivity index (χ2n) is 9.32. The van der Waals surface area contributed by atoms with E-state index >= 15 is 0 Å². The quantitative estimate of drug-likeness (QED) is 0.452. The molecule has 3 aromatic rings. The molecule has 1 saturated heterocycles. The first-order valence-corrected chi connectivity index (χ1v) is 13.6. The lowest BCUT2D eigenvalue weighted by Gasteiger charge is -2.32. The summed E-state index contributed by atoms with van der Waals surface area (Å²) in [5.41, 5.74) is -0.464. The molecule has 10 nitrogen and oxygen atoms in total. The van der Waals surface area contributed by atoms with Crippen LogP contribution >= 0.6 is 7.60 Å². The summed E-state index contributed by atoms with van der Waals surface area (Å²) in [6.45, 7) is 4.23. The minimum atomic E-state index is -3.72. The Hall–Kier alpha value is -3.37. The molecule has 0 saturated carbocycles. The summed E-state index contributed by atoms with van der Waals surface area (Å²) in [4.78, 5) is 31.4. The maximum atomic E-state index is 14.0. The van der Waals surface area contributed by atoms with Crippen LogP contribution in [0.2, 0.25) is 0 Å². The Morgan fingerprint density at radius 1 is 1.16 bits per heavy atom. The van der Waals surface area contributed by atoms with E-state index < -0.39 is 30.5 Å². The van der Waals surface area contributed by atoms with Crippen LogP contribution in [-0.2, 0) is 43.6 Å². The number of ether oxygens (including phenoxy) is 2. The minimum Gasteiger partial charge on any atom is -0.481 e. The highest BCUT2D eigenvalue weighted by Crippen LogP contribution is 2.51. The molecule has 5 rings (SSSR count). The first kappa shape index (κ1) is 26.2. The summed E-state index contributed by atoms with van der Waals surface area (Å²) in [5, 5.41) is 2.72. The van der Waals surface area contributed by atoms with Crippen LogP contribution in [0.3, 0.4) is 0 Å². The van der Waals surface area contributed by atoms with Crippen molar-refractivity contribution in [1.29, 1.82) is 0 Å². The molecule has 0 unspecified atom stereocenters. The van der Waals surface area contributed by atoms with Gasteiger partial charge in [-0.3, -0.25) is 18.7 Å². The predicted octanol–water partition coefficient (Wildman–Crippen LogP) is 3.02. The van der Waals surface area contributed by atoms with Gasteiger partial charge in [0.15, 0.2) is 5.69 Å². The molecule has 3 heterocycles. The Balaban J connectivity index is 1.48. The van der Waals surface area contributed by atoms with Gasteiger partial charge in [0.25, 0.3) is 11.5 Å². The molecule has 0 spiro atoms. The van der Waals surface area contributed by atoms with Crippen molar-refractivity contribution in [2.45, 2.75) is 39.1 Å². The number of hydrogen-bond donors (Lipinski definition) is 1. The standard InChI is InChI=1S/C26H27FN3O7P/c1-26(2)25-29-21(22(24(32)30(25)10-11-35-26)34-16-17-6-4-3-5-7-17)23(31)28-15-18-8-9-19(27)14-20(18)38(33)36-12-13-37-38/h3-9,14H,10-13,15-16H2,1-2H3,(H,28,31). The largest absolute Gasteiger partial charge is 0.481 e. The van der Waals surface area contributed by atoms with Crippen LogP contribution in [0.5, 0.6) is 5.75 Å². The molecule has 0 radical (unpaired) electrons. The number of amides is 1. The summed E-state index contributed by atoms with van der Waals surface area (Å²) in [6.07, 6.45) is 0. The molecular formula is C26H27FN3O7P. The number of nitrogens with one attached hydrogen (secondary N) is 1. The highest BCUT2D eigenvalue weighted by molar-refractivity contribution is 7.62. The SMILES string of the molecule is CC1(C)OCCn2c1nc(C(=O)NCc1ccc(F)cc1P1(=O)OCCO1)c(OCc1ccccc1)c2=O. The highest BCUT2D eigenvalue weighted by Gasteiger charge is 2.37. The molecule has 0 aliphatic carbocycles. The van der Waals surface area contributed by atoms with Gasteiger partial charge in [-0.1, -0.05) is 36.4 Å². The van der Waals surface area contributed by atoms with E-state index in [2.05, 4.69) is 10.3 Å². The third-order valence-electron chi connectivity index (χ3n) is 6.27. The van der Waals surface area contributed by atoms with E-state index in [0.29, 0.717) is 18.0 Å². The molecule has 38 heavy (non-hydrogen) atoms. The summed E-state index contributed by atoms with van der Waals surface area (Å²) >= 11 is 0.